The molecule has 1 aliphatic rings. The van der Waals surface area contributed by atoms with E-state index >= 15 is 0 Å². The highest BCUT2D eigenvalue weighted by atomic mass is 16.5. The molecular formula is C18H28N2O3. The molecule has 1 amide bonds. The Morgan fingerprint density at radius 3 is 2.74 bits per heavy atom. The minimum Gasteiger partial charge on any atom is -0.497 e. The van der Waals surface area contributed by atoms with Crippen LogP contribution in [0.1, 0.15) is 12.5 Å². The van der Waals surface area contributed by atoms with Gasteiger partial charge in [0.2, 0.25) is 0 Å². The average molecular weight is 320 g/mol. The standard InChI is InChI=1S/C18H28N2O3/c1-14(11-15-5-7-16(22-4)8-6-15)12-20(3)18(21)17-13-19(2)9-10-23-17/h5-8,14,17H,9-13H2,1-4H3. The molecule has 0 spiro atoms. The van der Waals surface area contributed by atoms with Crippen LogP contribution in [0.2, 0.25) is 0 Å². The number of morpholine rings is 1. The first-order valence-corrected chi connectivity index (χ1v) is 8.17. The number of methoxy groups -OCH3 is 1. The van der Waals surface area contributed by atoms with Crippen molar-refractivity contribution in [3.8, 4) is 5.75 Å². The molecule has 23 heavy (non-hydrogen) atoms. The van der Waals surface area contributed by atoms with Crippen LogP contribution < -0.4 is 4.74 Å². The van der Waals surface area contributed by atoms with Crippen LogP contribution in [0.25, 0.3) is 0 Å². The van der Waals surface area contributed by atoms with E-state index in [0.717, 1.165) is 25.3 Å². The SMILES string of the molecule is COc1ccc(CC(C)CN(C)C(=O)C2CN(C)CCO2)cc1. The van der Waals surface area contributed by atoms with Crippen molar-refractivity contribution in [2.24, 2.45) is 5.92 Å². The third kappa shape index (κ3) is 5.22. The van der Waals surface area contributed by atoms with E-state index in [9.17, 15) is 4.79 Å². The van der Waals surface area contributed by atoms with Crippen LogP contribution in [0.3, 0.4) is 0 Å². The van der Waals surface area contributed by atoms with Gasteiger partial charge in [0.1, 0.15) is 11.9 Å². The number of amides is 1. The van der Waals surface area contributed by atoms with Gasteiger partial charge in [0.25, 0.3) is 5.91 Å². The van der Waals surface area contributed by atoms with Gasteiger partial charge in [0.05, 0.1) is 13.7 Å². The van der Waals surface area contributed by atoms with Crippen molar-refractivity contribution in [1.82, 2.24) is 9.80 Å². The van der Waals surface area contributed by atoms with Crippen LogP contribution in [0.4, 0.5) is 0 Å². The summed E-state index contributed by atoms with van der Waals surface area (Å²) < 4.78 is 10.8. The van der Waals surface area contributed by atoms with Crippen LogP contribution in [0.15, 0.2) is 24.3 Å². The number of hydrogen-bond acceptors (Lipinski definition) is 4. The number of benzene rings is 1. The molecule has 0 radical (unpaired) electrons. The largest absolute Gasteiger partial charge is 0.497 e. The van der Waals surface area contributed by atoms with Gasteiger partial charge in [-0.05, 0) is 37.1 Å². The number of nitrogens with zero attached hydrogens (tertiary/aromatic N) is 2. The maximum absolute atomic E-state index is 12.5. The van der Waals surface area contributed by atoms with Gasteiger partial charge in [-0.15, -0.1) is 0 Å². The monoisotopic (exact) mass is 320 g/mol. The number of carbonyl (C=O) groups excluding carboxylic acids is 1. The van der Waals surface area contributed by atoms with Crippen molar-refractivity contribution in [2.45, 2.75) is 19.4 Å². The number of hydrogen-bond donors (Lipinski definition) is 0. The molecule has 0 N–H and O–H groups in total. The van der Waals surface area contributed by atoms with Crippen molar-refractivity contribution in [3.63, 3.8) is 0 Å². The van der Waals surface area contributed by atoms with Crippen molar-refractivity contribution >= 4 is 5.91 Å². The minimum absolute atomic E-state index is 0.0816. The summed E-state index contributed by atoms with van der Waals surface area (Å²) in [5.74, 6) is 1.34. The first kappa shape index (κ1) is 17.8. The second kappa shape index (κ2) is 8.31. The summed E-state index contributed by atoms with van der Waals surface area (Å²) >= 11 is 0. The maximum Gasteiger partial charge on any atom is 0.252 e. The molecule has 1 saturated heterocycles. The number of likely N-dealkylation sites (N-methyl/N-ethyl adjacent to an activating group) is 2. The molecule has 1 aromatic carbocycles. The topological polar surface area (TPSA) is 42.0 Å². The number of carbonyl (C=O) groups is 1. The van der Waals surface area contributed by atoms with E-state index < -0.39 is 0 Å². The molecule has 0 aliphatic carbocycles. The third-order valence-corrected chi connectivity index (χ3v) is 4.25. The summed E-state index contributed by atoms with van der Waals surface area (Å²) in [7, 11) is 5.56. The molecule has 5 heteroatoms. The Balaban J connectivity index is 1.83. The van der Waals surface area contributed by atoms with Gasteiger partial charge in [-0.1, -0.05) is 19.1 Å². The molecule has 1 aliphatic heterocycles. The van der Waals surface area contributed by atoms with Crippen LogP contribution in [0.5, 0.6) is 5.75 Å². The van der Waals surface area contributed by atoms with E-state index in [4.69, 9.17) is 9.47 Å². The molecule has 2 unspecified atom stereocenters. The normalized spacial score (nSPS) is 20.1. The lowest BCUT2D eigenvalue weighted by Crippen LogP contribution is -2.49. The van der Waals surface area contributed by atoms with Crippen molar-refractivity contribution in [1.29, 1.82) is 0 Å². The average Bonchev–Trinajstić information content (AvgIpc) is 2.54. The number of rotatable bonds is 6. The quantitative estimate of drug-likeness (QED) is 0.799. The zero-order valence-electron chi connectivity index (χ0n) is 14.6. The second-order valence-electron chi connectivity index (χ2n) is 6.50. The minimum atomic E-state index is -0.327. The van der Waals surface area contributed by atoms with Crippen LogP contribution in [0, 0.1) is 5.92 Å². The Hall–Kier alpha value is -1.59. The van der Waals surface area contributed by atoms with Gasteiger partial charge in [-0.25, -0.2) is 0 Å². The van der Waals surface area contributed by atoms with Gasteiger partial charge < -0.3 is 19.3 Å². The molecule has 2 rings (SSSR count). The fourth-order valence-corrected chi connectivity index (χ4v) is 2.96. The highest BCUT2D eigenvalue weighted by molar-refractivity contribution is 5.81. The fourth-order valence-electron chi connectivity index (χ4n) is 2.96. The summed E-state index contributed by atoms with van der Waals surface area (Å²) in [6, 6.07) is 8.11. The van der Waals surface area contributed by atoms with Crippen molar-refractivity contribution in [2.75, 3.05) is 47.4 Å². The summed E-state index contributed by atoms with van der Waals surface area (Å²) in [4.78, 5) is 16.4. The molecule has 2 atom stereocenters. The first-order chi connectivity index (χ1) is 11.0. The van der Waals surface area contributed by atoms with Gasteiger partial charge in [0, 0.05) is 26.7 Å². The second-order valence-corrected chi connectivity index (χ2v) is 6.50. The lowest BCUT2D eigenvalue weighted by Gasteiger charge is -2.32. The van der Waals surface area contributed by atoms with E-state index in [-0.39, 0.29) is 12.0 Å². The summed E-state index contributed by atoms with van der Waals surface area (Å²) in [6.45, 7) is 5.09. The summed E-state index contributed by atoms with van der Waals surface area (Å²) in [5.41, 5.74) is 1.26. The summed E-state index contributed by atoms with van der Waals surface area (Å²) in [5, 5.41) is 0. The molecule has 0 aromatic heterocycles. The molecule has 1 heterocycles. The van der Waals surface area contributed by atoms with Gasteiger partial charge in [-0.2, -0.15) is 0 Å². The molecule has 0 saturated carbocycles. The third-order valence-electron chi connectivity index (χ3n) is 4.25. The molecule has 0 bridgehead atoms. The van der Waals surface area contributed by atoms with Gasteiger partial charge in [-0.3, -0.25) is 4.79 Å². The fraction of sp³-hybridized carbons (Fsp3) is 0.611. The lowest BCUT2D eigenvalue weighted by molar-refractivity contribution is -0.147. The Labute approximate surface area is 139 Å². The highest BCUT2D eigenvalue weighted by Crippen LogP contribution is 2.16. The van der Waals surface area contributed by atoms with E-state index in [0.29, 0.717) is 19.1 Å². The molecule has 1 aromatic rings. The Morgan fingerprint density at radius 2 is 2.13 bits per heavy atom. The molecule has 128 valence electrons. The summed E-state index contributed by atoms with van der Waals surface area (Å²) in [6.07, 6.45) is 0.611. The maximum atomic E-state index is 12.5. The first-order valence-electron chi connectivity index (χ1n) is 8.17. The van der Waals surface area contributed by atoms with E-state index in [1.807, 2.05) is 26.2 Å². The predicted molar refractivity (Wildman–Crippen MR) is 90.7 cm³/mol. The van der Waals surface area contributed by atoms with Gasteiger partial charge >= 0.3 is 0 Å². The Bertz CT molecular complexity index is 503. The van der Waals surface area contributed by atoms with Crippen LogP contribution >= 0.6 is 0 Å². The molecular weight excluding hydrogens is 292 g/mol. The van der Waals surface area contributed by atoms with Crippen molar-refractivity contribution in [3.05, 3.63) is 29.8 Å². The molecule has 1 fully saturated rings. The predicted octanol–water partition coefficient (Wildman–Crippen LogP) is 1.66. The van der Waals surface area contributed by atoms with E-state index in [1.165, 1.54) is 5.56 Å². The zero-order valence-corrected chi connectivity index (χ0v) is 14.6. The van der Waals surface area contributed by atoms with Crippen LogP contribution in [-0.4, -0.2) is 69.3 Å². The van der Waals surface area contributed by atoms with Crippen LogP contribution in [-0.2, 0) is 16.0 Å². The molecule has 5 nitrogen and oxygen atoms in total. The lowest BCUT2D eigenvalue weighted by atomic mass is 10.0. The van der Waals surface area contributed by atoms with Crippen molar-refractivity contribution < 1.29 is 14.3 Å². The highest BCUT2D eigenvalue weighted by Gasteiger charge is 2.27. The number of ether oxygens (including phenoxy) is 2. The Kier molecular flexibility index (Phi) is 6.42. The zero-order chi connectivity index (χ0) is 16.8. The van der Waals surface area contributed by atoms with E-state index in [1.54, 1.807) is 12.0 Å². The van der Waals surface area contributed by atoms with Gasteiger partial charge in [0.15, 0.2) is 0 Å². The Morgan fingerprint density at radius 1 is 1.43 bits per heavy atom. The van der Waals surface area contributed by atoms with E-state index in [2.05, 4.69) is 24.0 Å². The smallest absolute Gasteiger partial charge is 0.252 e.